The minimum atomic E-state index is -3.78. The highest BCUT2D eigenvalue weighted by Gasteiger charge is 2.18. The number of nitrogens with two attached hydrogens (primary N) is 1. The summed E-state index contributed by atoms with van der Waals surface area (Å²) in [7, 11) is -3.78. The lowest BCUT2D eigenvalue weighted by Gasteiger charge is -2.34. The lowest BCUT2D eigenvalue weighted by atomic mass is 10.3. The number of fused-ring (bicyclic) bond motifs is 1. The molecule has 3 heterocycles. The zero-order chi connectivity index (χ0) is 20.4. The number of rotatable bonds is 6. The largest absolute Gasteiger partial charge is 0.338 e. The number of primary sulfonamides is 1. The van der Waals surface area contributed by atoms with E-state index in [0.717, 1.165) is 45.1 Å². The number of hydrogen-bond donors (Lipinski definition) is 1. The van der Waals surface area contributed by atoms with Crippen LogP contribution in [-0.2, 0) is 16.6 Å². The molecule has 1 aliphatic rings. The maximum Gasteiger partial charge on any atom is 0.268 e. The van der Waals surface area contributed by atoms with Gasteiger partial charge >= 0.3 is 0 Å². The van der Waals surface area contributed by atoms with Crippen molar-refractivity contribution >= 4 is 37.6 Å². The molecule has 11 heteroatoms. The van der Waals surface area contributed by atoms with Gasteiger partial charge < -0.3 is 4.90 Å². The zero-order valence-electron chi connectivity index (χ0n) is 15.8. The Labute approximate surface area is 172 Å². The van der Waals surface area contributed by atoms with Crippen molar-refractivity contribution in [1.29, 1.82) is 0 Å². The first-order valence-corrected chi connectivity index (χ1v) is 11.6. The molecule has 0 saturated carbocycles. The van der Waals surface area contributed by atoms with Gasteiger partial charge in [0.25, 0.3) is 5.56 Å². The van der Waals surface area contributed by atoms with Crippen LogP contribution in [0, 0.1) is 0 Å². The van der Waals surface area contributed by atoms with Gasteiger partial charge in [0, 0.05) is 51.7 Å². The molecule has 2 N–H and O–H groups in total. The first-order chi connectivity index (χ1) is 13.9. The minimum absolute atomic E-state index is 0.0265. The Balaban J connectivity index is 1.34. The highest BCUT2D eigenvalue weighted by Crippen LogP contribution is 2.21. The summed E-state index contributed by atoms with van der Waals surface area (Å²) in [5, 5.41) is 5.70. The van der Waals surface area contributed by atoms with Crippen LogP contribution in [0.3, 0.4) is 0 Å². The molecule has 2 aromatic heterocycles. The van der Waals surface area contributed by atoms with Crippen LogP contribution in [0.2, 0.25) is 0 Å². The van der Waals surface area contributed by atoms with Gasteiger partial charge in [0.1, 0.15) is 0 Å². The van der Waals surface area contributed by atoms with E-state index in [1.807, 2.05) is 6.07 Å². The third-order valence-corrected chi connectivity index (χ3v) is 7.00. The molecular formula is C18H22N6O3S2. The molecule has 0 atom stereocenters. The van der Waals surface area contributed by atoms with Crippen LogP contribution < -0.4 is 15.6 Å². The minimum Gasteiger partial charge on any atom is -0.338 e. The van der Waals surface area contributed by atoms with E-state index in [2.05, 4.69) is 19.8 Å². The molecule has 4 rings (SSSR count). The number of piperazine rings is 1. The molecule has 0 aliphatic carbocycles. The summed E-state index contributed by atoms with van der Waals surface area (Å²) in [6.07, 6.45) is 4.35. The average molecular weight is 435 g/mol. The van der Waals surface area contributed by atoms with Crippen molar-refractivity contribution in [2.45, 2.75) is 17.9 Å². The van der Waals surface area contributed by atoms with Gasteiger partial charge in [-0.05, 0) is 30.7 Å². The maximum absolute atomic E-state index is 12.5. The van der Waals surface area contributed by atoms with Crippen LogP contribution in [0.15, 0.2) is 46.3 Å². The van der Waals surface area contributed by atoms with Crippen LogP contribution in [-0.4, -0.2) is 60.0 Å². The Morgan fingerprint density at radius 2 is 1.79 bits per heavy atom. The number of benzene rings is 1. The van der Waals surface area contributed by atoms with Crippen LogP contribution in [0.25, 0.3) is 10.1 Å². The predicted octanol–water partition coefficient (Wildman–Crippen LogP) is 0.713. The van der Waals surface area contributed by atoms with Gasteiger partial charge in [-0.1, -0.05) is 11.5 Å². The van der Waals surface area contributed by atoms with Gasteiger partial charge in [0.2, 0.25) is 16.0 Å². The first kappa shape index (κ1) is 20.0. The van der Waals surface area contributed by atoms with E-state index < -0.39 is 10.0 Å². The zero-order valence-corrected chi connectivity index (χ0v) is 17.4. The third-order valence-electron chi connectivity index (χ3n) is 4.99. The maximum atomic E-state index is 12.5. The second-order valence-corrected chi connectivity index (χ2v) is 9.56. The monoisotopic (exact) mass is 434 g/mol. The smallest absolute Gasteiger partial charge is 0.268 e. The van der Waals surface area contributed by atoms with Crippen LogP contribution in [0.5, 0.6) is 0 Å². The van der Waals surface area contributed by atoms with Crippen molar-refractivity contribution in [3.8, 4) is 0 Å². The number of sulfonamides is 1. The number of aromatic nitrogens is 3. The van der Waals surface area contributed by atoms with E-state index in [0.29, 0.717) is 16.6 Å². The molecule has 1 fully saturated rings. The second-order valence-electron chi connectivity index (χ2n) is 6.93. The van der Waals surface area contributed by atoms with E-state index >= 15 is 0 Å². The quantitative estimate of drug-likeness (QED) is 0.608. The summed E-state index contributed by atoms with van der Waals surface area (Å²) in [5.74, 6) is 0.767. The Morgan fingerprint density at radius 1 is 1.07 bits per heavy atom. The number of nitrogens with zero attached hydrogens (tertiary/aromatic N) is 5. The molecule has 1 aliphatic heterocycles. The van der Waals surface area contributed by atoms with Gasteiger partial charge in [-0.3, -0.25) is 13.7 Å². The third kappa shape index (κ3) is 4.47. The molecular weight excluding hydrogens is 412 g/mol. The SMILES string of the molecule is NS(=O)(=O)c1ccc2c(=O)n(CCCN3CCN(c4ncccn4)CC3)sc2c1. The highest BCUT2D eigenvalue weighted by atomic mass is 32.2. The fraction of sp³-hybridized carbons (Fsp3) is 0.389. The normalized spacial score (nSPS) is 15.8. The van der Waals surface area contributed by atoms with Crippen molar-refractivity contribution in [3.05, 3.63) is 47.0 Å². The molecule has 1 saturated heterocycles. The van der Waals surface area contributed by atoms with Gasteiger partial charge in [0.05, 0.1) is 15.0 Å². The van der Waals surface area contributed by atoms with Gasteiger partial charge in [-0.15, -0.1) is 0 Å². The number of aryl methyl sites for hydroxylation is 1. The lowest BCUT2D eigenvalue weighted by molar-refractivity contribution is 0.250. The van der Waals surface area contributed by atoms with Crippen molar-refractivity contribution in [2.75, 3.05) is 37.6 Å². The molecule has 9 nitrogen and oxygen atoms in total. The van der Waals surface area contributed by atoms with Crippen molar-refractivity contribution in [1.82, 2.24) is 18.8 Å². The number of anilines is 1. The standard InChI is InChI=1S/C18H22N6O3S2/c19-29(26,27)14-3-4-15-16(13-14)28-24(17(15)25)8-2-7-22-9-11-23(12-10-22)18-20-5-1-6-21-18/h1,3-6,13H,2,7-12H2,(H2,19,26,27). The van der Waals surface area contributed by atoms with E-state index in [1.165, 1.54) is 29.7 Å². The molecule has 0 unspecified atom stereocenters. The summed E-state index contributed by atoms with van der Waals surface area (Å²) >= 11 is 1.28. The second kappa shape index (κ2) is 8.19. The fourth-order valence-electron chi connectivity index (χ4n) is 3.44. The lowest BCUT2D eigenvalue weighted by Crippen LogP contribution is -2.47. The predicted molar refractivity (Wildman–Crippen MR) is 113 cm³/mol. The summed E-state index contributed by atoms with van der Waals surface area (Å²) in [6.45, 7) is 5.11. The number of hydrogen-bond acceptors (Lipinski definition) is 8. The molecule has 0 radical (unpaired) electrons. The van der Waals surface area contributed by atoms with Crippen LogP contribution in [0.1, 0.15) is 6.42 Å². The summed E-state index contributed by atoms with van der Waals surface area (Å²) in [6, 6.07) is 6.20. The molecule has 0 bridgehead atoms. The van der Waals surface area contributed by atoms with Gasteiger partial charge in [-0.25, -0.2) is 23.5 Å². The van der Waals surface area contributed by atoms with E-state index in [-0.39, 0.29) is 10.5 Å². The molecule has 0 amide bonds. The summed E-state index contributed by atoms with van der Waals surface area (Å²) < 4.78 is 25.3. The van der Waals surface area contributed by atoms with Gasteiger partial charge in [-0.2, -0.15) is 0 Å². The molecule has 3 aromatic rings. The van der Waals surface area contributed by atoms with E-state index in [9.17, 15) is 13.2 Å². The highest BCUT2D eigenvalue weighted by molar-refractivity contribution is 7.89. The molecule has 154 valence electrons. The first-order valence-electron chi connectivity index (χ1n) is 9.33. The Hall–Kier alpha value is -2.34. The Kier molecular flexibility index (Phi) is 5.63. The molecule has 0 spiro atoms. The van der Waals surface area contributed by atoms with Crippen LogP contribution >= 0.6 is 11.5 Å². The Bertz CT molecular complexity index is 1150. The summed E-state index contributed by atoms with van der Waals surface area (Å²) in [4.78, 5) is 25.7. The van der Waals surface area contributed by atoms with Crippen LogP contribution in [0.4, 0.5) is 5.95 Å². The summed E-state index contributed by atoms with van der Waals surface area (Å²) in [5.41, 5.74) is -0.0861. The van der Waals surface area contributed by atoms with Gasteiger partial charge in [0.15, 0.2) is 0 Å². The van der Waals surface area contributed by atoms with Crippen molar-refractivity contribution < 1.29 is 8.42 Å². The average Bonchev–Trinajstić information content (AvgIpc) is 3.04. The molecule has 1 aromatic carbocycles. The van der Waals surface area contributed by atoms with Crippen molar-refractivity contribution in [3.63, 3.8) is 0 Å². The van der Waals surface area contributed by atoms with Crippen molar-refractivity contribution in [2.24, 2.45) is 5.14 Å². The Morgan fingerprint density at radius 3 is 2.48 bits per heavy atom. The topological polar surface area (TPSA) is 114 Å². The van der Waals surface area contributed by atoms with E-state index in [1.54, 1.807) is 16.4 Å². The fourth-order valence-corrected chi connectivity index (χ4v) is 5.12. The molecule has 29 heavy (non-hydrogen) atoms. The van der Waals surface area contributed by atoms with E-state index in [4.69, 9.17) is 5.14 Å².